The van der Waals surface area contributed by atoms with E-state index in [2.05, 4.69) is 20.4 Å². The molecule has 6 saturated heterocycles. The maximum absolute atomic E-state index is 11.3. The first-order valence-corrected chi connectivity index (χ1v) is 16.7. The summed E-state index contributed by atoms with van der Waals surface area (Å²) in [6.45, 7) is 8.29. The van der Waals surface area contributed by atoms with Gasteiger partial charge in [0.1, 0.15) is 6.10 Å². The molecule has 240 valence electrons. The third-order valence-electron chi connectivity index (χ3n) is 10.3. The van der Waals surface area contributed by atoms with Crippen LogP contribution in [0.25, 0.3) is 0 Å². The topological polar surface area (TPSA) is 136 Å². The van der Waals surface area contributed by atoms with E-state index in [1.807, 2.05) is 6.92 Å². The second-order valence-corrected chi connectivity index (χ2v) is 13.3. The van der Waals surface area contributed by atoms with Crippen molar-refractivity contribution in [3.63, 3.8) is 0 Å². The van der Waals surface area contributed by atoms with Crippen LogP contribution in [0, 0.1) is 11.8 Å². The predicted molar refractivity (Wildman–Crippen MR) is 158 cm³/mol. The van der Waals surface area contributed by atoms with Crippen LogP contribution in [0.3, 0.4) is 0 Å². The van der Waals surface area contributed by atoms with E-state index in [1.54, 1.807) is 0 Å². The molecule has 1 saturated carbocycles. The molecule has 7 aliphatic rings. The number of hydrogen-bond acceptors (Lipinski definition) is 13. The van der Waals surface area contributed by atoms with Gasteiger partial charge in [-0.15, -0.1) is 0 Å². The van der Waals surface area contributed by atoms with Crippen molar-refractivity contribution in [1.82, 2.24) is 20.3 Å². The number of hydrogen-bond donors (Lipinski definition) is 3. The molecule has 7 fully saturated rings. The van der Waals surface area contributed by atoms with Crippen LogP contribution in [0.1, 0.15) is 77.6 Å². The minimum Gasteiger partial charge on any atom is -0.387 e. The molecule has 0 aromatic carbocycles. The summed E-state index contributed by atoms with van der Waals surface area (Å²) in [5.74, 6) is 1.45. The lowest BCUT2D eigenvalue weighted by Gasteiger charge is -2.58. The summed E-state index contributed by atoms with van der Waals surface area (Å²) in [6, 6.07) is 0. The Bertz CT molecular complexity index is 1050. The lowest BCUT2D eigenvalue weighted by Crippen LogP contribution is -2.71. The molecule has 1 aromatic heterocycles. The summed E-state index contributed by atoms with van der Waals surface area (Å²) in [5, 5.41) is 18.1. The second-order valence-electron chi connectivity index (χ2n) is 13.3. The van der Waals surface area contributed by atoms with E-state index >= 15 is 0 Å². The maximum atomic E-state index is 11.3. The zero-order valence-electron chi connectivity index (χ0n) is 25.5. The second kappa shape index (κ2) is 12.9. The zero-order valence-corrected chi connectivity index (χ0v) is 25.5. The van der Waals surface area contributed by atoms with Crippen molar-refractivity contribution in [2.45, 2.75) is 108 Å². The van der Waals surface area contributed by atoms with Crippen molar-refractivity contribution < 1.29 is 29.1 Å². The Labute approximate surface area is 254 Å². The minimum atomic E-state index is -0.833. The maximum Gasteiger partial charge on any atom is 0.231 e. The Morgan fingerprint density at radius 2 is 1.58 bits per heavy atom. The highest BCUT2D eigenvalue weighted by Gasteiger charge is 2.69. The number of nitrogens with zero attached hydrogens (tertiary/aromatic N) is 5. The summed E-state index contributed by atoms with van der Waals surface area (Å²) in [7, 11) is 0. The number of fused-ring (bicyclic) bond motifs is 2. The molecular formula is C30H49N7O6. The number of aromatic nitrogens is 3. The molecule has 2 bridgehead atoms. The van der Waals surface area contributed by atoms with Gasteiger partial charge < -0.3 is 39.8 Å². The summed E-state index contributed by atoms with van der Waals surface area (Å²) in [5.41, 5.74) is -0.770. The van der Waals surface area contributed by atoms with Crippen LogP contribution in [0.15, 0.2) is 0 Å². The molecule has 8 rings (SSSR count). The molecule has 7 heterocycles. The molecule has 3 N–H and O–H groups in total. The Kier molecular flexibility index (Phi) is 8.92. The largest absolute Gasteiger partial charge is 0.387 e. The van der Waals surface area contributed by atoms with Gasteiger partial charge >= 0.3 is 0 Å². The molecule has 0 amide bonds. The molecule has 43 heavy (non-hydrogen) atoms. The first-order valence-electron chi connectivity index (χ1n) is 16.7. The molecule has 1 aromatic rings. The lowest BCUT2D eigenvalue weighted by atomic mass is 9.63. The van der Waals surface area contributed by atoms with Crippen LogP contribution in [0.4, 0.5) is 17.8 Å². The van der Waals surface area contributed by atoms with Crippen LogP contribution in [-0.4, -0.2) is 103 Å². The monoisotopic (exact) mass is 603 g/mol. The van der Waals surface area contributed by atoms with E-state index in [9.17, 15) is 5.11 Å². The number of nitrogens with one attached hydrogen (secondary N) is 2. The van der Waals surface area contributed by atoms with Crippen LogP contribution in [-0.2, 0) is 24.0 Å². The van der Waals surface area contributed by atoms with E-state index < -0.39 is 30.1 Å². The van der Waals surface area contributed by atoms with Crippen molar-refractivity contribution in [2.75, 3.05) is 67.5 Å². The highest BCUT2D eigenvalue weighted by atomic mass is 17.3. The number of aliphatic hydroxyl groups is 1. The van der Waals surface area contributed by atoms with Gasteiger partial charge in [0, 0.05) is 58.2 Å². The third kappa shape index (κ3) is 6.06. The Balaban J connectivity index is 0.897. The molecule has 13 nitrogen and oxygen atoms in total. The standard InChI is InChI=1S/C30H49N7O6/c1-29-12-11-21-9-8-10-22-23(38)24(40-25(41-29)30(21,22)43-42-29)39-20-15-31-13-14-32-26-33-27(36-16-4-2-5-17-36)35-28(34-26)37-18-6-3-7-19-37/h21-25,31,38H,2-20H2,1H3,(H,32,33,34,35)/t21?,22?,23-,24?,25-,29?,30-/m1/s1. The van der Waals surface area contributed by atoms with Crippen molar-refractivity contribution in [3.05, 3.63) is 0 Å². The lowest BCUT2D eigenvalue weighted by molar-refractivity contribution is -0.577. The first kappa shape index (κ1) is 29.8. The number of anilines is 3. The summed E-state index contributed by atoms with van der Waals surface area (Å²) in [6.07, 6.45) is 9.67. The summed E-state index contributed by atoms with van der Waals surface area (Å²) < 4.78 is 18.6. The van der Waals surface area contributed by atoms with Crippen molar-refractivity contribution in [1.29, 1.82) is 0 Å². The third-order valence-corrected chi connectivity index (χ3v) is 10.3. The number of piperidine rings is 2. The fourth-order valence-corrected chi connectivity index (χ4v) is 7.92. The minimum absolute atomic E-state index is 0.153. The summed E-state index contributed by atoms with van der Waals surface area (Å²) >= 11 is 0. The molecule has 4 unspecified atom stereocenters. The first-order chi connectivity index (χ1) is 21.0. The van der Waals surface area contributed by atoms with Gasteiger partial charge in [0.15, 0.2) is 18.2 Å². The van der Waals surface area contributed by atoms with E-state index in [1.165, 1.54) is 38.5 Å². The van der Waals surface area contributed by atoms with Crippen LogP contribution >= 0.6 is 0 Å². The van der Waals surface area contributed by atoms with Crippen molar-refractivity contribution in [2.24, 2.45) is 11.8 Å². The highest BCUT2D eigenvalue weighted by molar-refractivity contribution is 5.45. The molecular weight excluding hydrogens is 554 g/mol. The molecule has 0 radical (unpaired) electrons. The smallest absolute Gasteiger partial charge is 0.231 e. The van der Waals surface area contributed by atoms with Gasteiger partial charge in [-0.1, -0.05) is 6.42 Å². The van der Waals surface area contributed by atoms with Gasteiger partial charge in [-0.05, 0) is 70.6 Å². The van der Waals surface area contributed by atoms with E-state index in [-0.39, 0.29) is 11.8 Å². The van der Waals surface area contributed by atoms with Crippen molar-refractivity contribution >= 4 is 17.8 Å². The van der Waals surface area contributed by atoms with Crippen LogP contribution in [0.5, 0.6) is 0 Å². The van der Waals surface area contributed by atoms with Crippen LogP contribution in [0.2, 0.25) is 0 Å². The van der Waals surface area contributed by atoms with E-state index in [0.717, 1.165) is 70.2 Å². The van der Waals surface area contributed by atoms with Gasteiger partial charge in [-0.2, -0.15) is 15.0 Å². The normalized spacial score (nSPS) is 37.6. The van der Waals surface area contributed by atoms with Gasteiger partial charge in [-0.25, -0.2) is 9.78 Å². The van der Waals surface area contributed by atoms with Gasteiger partial charge in [0.05, 0.1) is 6.61 Å². The van der Waals surface area contributed by atoms with Crippen LogP contribution < -0.4 is 20.4 Å². The van der Waals surface area contributed by atoms with Gasteiger partial charge in [0.25, 0.3) is 0 Å². The predicted octanol–water partition coefficient (Wildman–Crippen LogP) is 2.56. The van der Waals surface area contributed by atoms with Gasteiger partial charge in [-0.3, -0.25) is 0 Å². The number of aliphatic hydroxyl groups excluding tert-OH is 1. The average Bonchev–Trinajstić information content (AvgIpc) is 3.27. The molecule has 1 spiro atoms. The number of ether oxygens (including phenoxy) is 3. The SMILES string of the molecule is CC12CCC3CCCC4[C@@H](O)C(OCCNCCNc5nc(N6CCCCC6)nc(N6CCCCC6)n5)O[C@H](O1)[C@@]34OO2. The van der Waals surface area contributed by atoms with Crippen molar-refractivity contribution in [3.8, 4) is 0 Å². The van der Waals surface area contributed by atoms with E-state index in [0.29, 0.717) is 32.2 Å². The fourth-order valence-electron chi connectivity index (χ4n) is 7.92. The summed E-state index contributed by atoms with van der Waals surface area (Å²) in [4.78, 5) is 30.8. The molecule has 13 heteroatoms. The van der Waals surface area contributed by atoms with Gasteiger partial charge in [0.2, 0.25) is 23.6 Å². The fraction of sp³-hybridized carbons (Fsp3) is 0.900. The zero-order chi connectivity index (χ0) is 29.3. The molecule has 7 atom stereocenters. The number of rotatable bonds is 10. The quantitative estimate of drug-likeness (QED) is 0.267. The average molecular weight is 604 g/mol. The molecule has 1 aliphatic carbocycles. The Morgan fingerprint density at radius 1 is 0.860 bits per heavy atom. The Hall–Kier alpha value is -1.87. The highest BCUT2D eigenvalue weighted by Crippen LogP contribution is 2.57. The Morgan fingerprint density at radius 3 is 2.30 bits per heavy atom. The van der Waals surface area contributed by atoms with E-state index in [4.69, 9.17) is 38.9 Å². The molecule has 6 aliphatic heterocycles.